The smallest absolute Gasteiger partial charge is 0.201 e. The highest BCUT2D eigenvalue weighted by Crippen LogP contribution is 2.43. The van der Waals surface area contributed by atoms with E-state index in [1.165, 1.54) is 88.7 Å². The summed E-state index contributed by atoms with van der Waals surface area (Å²) in [5.41, 5.74) is 2.29. The van der Waals surface area contributed by atoms with Gasteiger partial charge in [0.15, 0.2) is 11.6 Å². The average molecular weight is 551 g/mol. The van der Waals surface area contributed by atoms with Crippen LogP contribution in [-0.2, 0) is 4.74 Å². The number of allylic oxidation sites excluding steroid dienone is 1. The van der Waals surface area contributed by atoms with Crippen LogP contribution < -0.4 is 4.74 Å². The molecule has 2 aromatic rings. The molecule has 1 heterocycles. The second-order valence-electron chi connectivity index (χ2n) is 12.7. The minimum Gasteiger partial charge on any atom is -0.490 e. The molecule has 1 aliphatic heterocycles. The summed E-state index contributed by atoms with van der Waals surface area (Å²) in [6.45, 7) is 7.16. The summed E-state index contributed by atoms with van der Waals surface area (Å²) in [5, 5.41) is 0. The van der Waals surface area contributed by atoms with Crippen LogP contribution in [-0.4, -0.2) is 19.3 Å². The molecule has 0 aromatic heterocycles. The van der Waals surface area contributed by atoms with Gasteiger partial charge in [0.05, 0.1) is 19.3 Å². The molecule has 4 heteroatoms. The highest BCUT2D eigenvalue weighted by Gasteiger charge is 2.35. The molecule has 2 aromatic carbocycles. The first kappa shape index (κ1) is 29.3. The zero-order chi connectivity index (χ0) is 27.9. The third kappa shape index (κ3) is 6.98. The number of rotatable bonds is 10. The summed E-state index contributed by atoms with van der Waals surface area (Å²) in [6.07, 6.45) is 18.7. The maximum atomic E-state index is 14.8. The van der Waals surface area contributed by atoms with E-state index in [0.29, 0.717) is 30.1 Å². The maximum Gasteiger partial charge on any atom is 0.201 e. The van der Waals surface area contributed by atoms with Crippen LogP contribution in [0.15, 0.2) is 49.1 Å². The second-order valence-corrected chi connectivity index (χ2v) is 12.7. The molecule has 1 saturated heterocycles. The molecule has 0 amide bonds. The van der Waals surface area contributed by atoms with E-state index in [0.717, 1.165) is 30.8 Å². The first-order valence-electron chi connectivity index (χ1n) is 16.0. The van der Waals surface area contributed by atoms with Crippen molar-refractivity contribution in [1.29, 1.82) is 0 Å². The predicted molar refractivity (Wildman–Crippen MR) is 160 cm³/mol. The first-order chi connectivity index (χ1) is 19.6. The Labute approximate surface area is 240 Å². The van der Waals surface area contributed by atoms with Crippen LogP contribution in [0.25, 0.3) is 11.1 Å². The van der Waals surface area contributed by atoms with Crippen molar-refractivity contribution < 1.29 is 18.3 Å². The van der Waals surface area contributed by atoms with Gasteiger partial charge in [-0.25, -0.2) is 4.39 Å². The van der Waals surface area contributed by atoms with Crippen molar-refractivity contribution in [3.05, 3.63) is 66.3 Å². The molecule has 218 valence electrons. The quantitative estimate of drug-likeness (QED) is 0.274. The molecule has 2 unspecified atom stereocenters. The van der Waals surface area contributed by atoms with Crippen molar-refractivity contribution in [3.63, 3.8) is 0 Å². The lowest BCUT2D eigenvalue weighted by molar-refractivity contribution is -0.0724. The van der Waals surface area contributed by atoms with Crippen molar-refractivity contribution in [2.24, 2.45) is 23.7 Å². The van der Waals surface area contributed by atoms with Gasteiger partial charge in [-0.05, 0) is 123 Å². The summed E-state index contributed by atoms with van der Waals surface area (Å²) < 4.78 is 41.1. The van der Waals surface area contributed by atoms with E-state index in [1.807, 2.05) is 19.1 Å². The van der Waals surface area contributed by atoms with Gasteiger partial charge in [-0.2, -0.15) is 4.39 Å². The molecule has 3 fully saturated rings. The summed E-state index contributed by atoms with van der Waals surface area (Å²) in [7, 11) is 0. The van der Waals surface area contributed by atoms with Crippen LogP contribution in [0.1, 0.15) is 102 Å². The molecule has 0 N–H and O–H groups in total. The monoisotopic (exact) mass is 550 g/mol. The van der Waals surface area contributed by atoms with Crippen molar-refractivity contribution in [3.8, 4) is 16.9 Å². The van der Waals surface area contributed by atoms with Gasteiger partial charge < -0.3 is 9.47 Å². The summed E-state index contributed by atoms with van der Waals surface area (Å²) in [4.78, 5) is 0. The summed E-state index contributed by atoms with van der Waals surface area (Å²) >= 11 is 0. The summed E-state index contributed by atoms with van der Waals surface area (Å²) in [5.74, 6) is 2.00. The normalized spacial score (nSPS) is 29.2. The number of hydrogen-bond acceptors (Lipinski definition) is 2. The summed E-state index contributed by atoms with van der Waals surface area (Å²) in [6, 6.07) is 11.2. The van der Waals surface area contributed by atoms with Gasteiger partial charge in [0.25, 0.3) is 0 Å². The Kier molecular flexibility index (Phi) is 10.3. The van der Waals surface area contributed by atoms with E-state index in [1.54, 1.807) is 6.07 Å². The van der Waals surface area contributed by atoms with Crippen LogP contribution >= 0.6 is 0 Å². The average Bonchev–Trinajstić information content (AvgIpc) is 3.01. The van der Waals surface area contributed by atoms with E-state index in [2.05, 4.69) is 24.8 Å². The van der Waals surface area contributed by atoms with E-state index in [9.17, 15) is 8.78 Å². The van der Waals surface area contributed by atoms with Gasteiger partial charge in [-0.15, -0.1) is 6.58 Å². The van der Waals surface area contributed by atoms with E-state index in [4.69, 9.17) is 9.47 Å². The van der Waals surface area contributed by atoms with Crippen molar-refractivity contribution in [2.75, 3.05) is 13.2 Å². The zero-order valence-corrected chi connectivity index (χ0v) is 24.4. The fraction of sp³-hybridized carbons (Fsp3) is 0.611. The minimum atomic E-state index is -0.906. The lowest BCUT2D eigenvalue weighted by atomic mass is 9.71. The Hall–Kier alpha value is -2.20. The SMILES string of the molecule is C=CCCC1CCC(C2CCC(C3CCC(c4ccc(-c5ccc(OCCC)c(F)c5F)cc4)CC3)OC2)CC1. The van der Waals surface area contributed by atoms with Crippen LogP contribution in [0.2, 0.25) is 0 Å². The van der Waals surface area contributed by atoms with Gasteiger partial charge in [0.2, 0.25) is 5.82 Å². The standard InChI is InChI=1S/C36H48F2O2/c1-3-5-6-25-7-9-28(10-8-25)31-19-21-33(40-24-31)30-17-13-27(14-18-30)26-11-15-29(16-12-26)32-20-22-34(39-23-4-2)36(38)35(32)37/h3,11-12,15-16,20,22,25,27-28,30-31,33H,1,4-10,13-14,17-19,21,23-24H2,2H3. The molecule has 0 spiro atoms. The fourth-order valence-electron chi connectivity index (χ4n) is 7.67. The Morgan fingerprint density at radius 1 is 0.825 bits per heavy atom. The molecular formula is C36H48F2O2. The minimum absolute atomic E-state index is 0.0176. The Morgan fingerprint density at radius 2 is 1.52 bits per heavy atom. The number of benzene rings is 2. The molecule has 2 nitrogen and oxygen atoms in total. The Bertz CT molecular complexity index is 1070. The Morgan fingerprint density at radius 3 is 2.17 bits per heavy atom. The zero-order valence-electron chi connectivity index (χ0n) is 24.4. The number of halogens is 2. The third-order valence-electron chi connectivity index (χ3n) is 10.2. The van der Waals surface area contributed by atoms with E-state index >= 15 is 0 Å². The van der Waals surface area contributed by atoms with Crippen molar-refractivity contribution in [1.82, 2.24) is 0 Å². The lowest BCUT2D eigenvalue weighted by Gasteiger charge is -2.41. The van der Waals surface area contributed by atoms with E-state index < -0.39 is 11.6 Å². The fourth-order valence-corrected chi connectivity index (χ4v) is 7.67. The van der Waals surface area contributed by atoms with Crippen LogP contribution in [0.5, 0.6) is 5.75 Å². The lowest BCUT2D eigenvalue weighted by Crippen LogP contribution is -2.37. The second kappa shape index (κ2) is 14.1. The van der Waals surface area contributed by atoms with Crippen LogP contribution in [0.3, 0.4) is 0 Å². The van der Waals surface area contributed by atoms with Crippen molar-refractivity contribution >= 4 is 0 Å². The molecule has 2 atom stereocenters. The topological polar surface area (TPSA) is 18.5 Å². The van der Waals surface area contributed by atoms with Crippen molar-refractivity contribution in [2.45, 2.75) is 102 Å². The highest BCUT2D eigenvalue weighted by atomic mass is 19.2. The molecule has 2 aliphatic carbocycles. The number of ether oxygens (including phenoxy) is 2. The van der Waals surface area contributed by atoms with Gasteiger partial charge in [-0.1, -0.05) is 50.1 Å². The van der Waals surface area contributed by atoms with Gasteiger partial charge >= 0.3 is 0 Å². The molecule has 0 radical (unpaired) electrons. The van der Waals surface area contributed by atoms with Crippen LogP contribution in [0.4, 0.5) is 8.78 Å². The largest absolute Gasteiger partial charge is 0.490 e. The molecule has 2 saturated carbocycles. The molecule has 3 aliphatic rings. The van der Waals surface area contributed by atoms with Gasteiger partial charge in [-0.3, -0.25) is 0 Å². The molecule has 40 heavy (non-hydrogen) atoms. The van der Waals surface area contributed by atoms with E-state index in [-0.39, 0.29) is 11.3 Å². The van der Waals surface area contributed by atoms with Gasteiger partial charge in [0.1, 0.15) is 0 Å². The highest BCUT2D eigenvalue weighted by molar-refractivity contribution is 5.65. The first-order valence-corrected chi connectivity index (χ1v) is 16.0. The molecule has 5 rings (SSSR count). The number of hydrogen-bond donors (Lipinski definition) is 0. The molecule has 0 bridgehead atoms. The molecular weight excluding hydrogens is 502 g/mol. The third-order valence-corrected chi connectivity index (χ3v) is 10.2. The maximum absolute atomic E-state index is 14.8. The van der Waals surface area contributed by atoms with Crippen LogP contribution in [0, 0.1) is 35.3 Å². The predicted octanol–water partition coefficient (Wildman–Crippen LogP) is 10.3. The Balaban J connectivity index is 1.08. The van der Waals surface area contributed by atoms with Gasteiger partial charge in [0, 0.05) is 5.56 Å².